The molecule has 0 saturated carbocycles. The molecule has 0 saturated heterocycles. The summed E-state index contributed by atoms with van der Waals surface area (Å²) in [6, 6.07) is 0. The number of hydrogen-bond acceptors (Lipinski definition) is 3. The van der Waals surface area contributed by atoms with Gasteiger partial charge in [0.05, 0.1) is 0 Å². The first-order valence-corrected chi connectivity index (χ1v) is 3.28. The summed E-state index contributed by atoms with van der Waals surface area (Å²) in [6.45, 7) is 3.02. The molecule has 0 aromatic carbocycles. The van der Waals surface area contributed by atoms with Gasteiger partial charge in [-0.15, -0.1) is 0 Å². The van der Waals surface area contributed by atoms with E-state index in [1.165, 1.54) is 0 Å². The average Bonchev–Trinajstić information content (AvgIpc) is 1.83. The van der Waals surface area contributed by atoms with Crippen LogP contribution in [0.1, 0.15) is 20.8 Å². The highest BCUT2D eigenvalue weighted by Crippen LogP contribution is 1.89. The second kappa shape index (κ2) is 11.5. The van der Waals surface area contributed by atoms with E-state index in [9.17, 15) is 13.6 Å². The van der Waals surface area contributed by atoms with Gasteiger partial charge in [0.15, 0.2) is 5.78 Å². The van der Waals surface area contributed by atoms with Crippen molar-refractivity contribution in [3.05, 3.63) is 0 Å². The maximum Gasteiger partial charge on any atom is 0.300 e. The zero-order chi connectivity index (χ0) is 12.3. The molecule has 0 heterocycles. The summed E-state index contributed by atoms with van der Waals surface area (Å²) in [6.07, 6.45) is -2.79. The van der Waals surface area contributed by atoms with Gasteiger partial charge in [0.1, 0.15) is 0 Å². The molecule has 7 heteroatoms. The van der Waals surface area contributed by atoms with Crippen molar-refractivity contribution in [3.63, 3.8) is 0 Å². The van der Waals surface area contributed by atoms with Gasteiger partial charge >= 0.3 is 0 Å². The number of carbonyl (C=O) groups excluding carboxylic acids is 1. The largest absolute Gasteiger partial charge is 0.481 e. The Kier molecular flexibility index (Phi) is 15.0. The van der Waals surface area contributed by atoms with E-state index in [1.54, 1.807) is 0 Å². The first-order valence-electron chi connectivity index (χ1n) is 3.28. The van der Waals surface area contributed by atoms with E-state index in [0.29, 0.717) is 0 Å². The lowest BCUT2D eigenvalue weighted by Gasteiger charge is -1.82. The fourth-order valence-electron chi connectivity index (χ4n) is 0. The van der Waals surface area contributed by atoms with Crippen molar-refractivity contribution in [1.82, 2.24) is 0 Å². The van der Waals surface area contributed by atoms with E-state index in [1.807, 2.05) is 0 Å². The minimum absolute atomic E-state index is 0.833. The zero-order valence-electron chi connectivity index (χ0n) is 7.95. The van der Waals surface area contributed by atoms with Crippen molar-refractivity contribution in [2.24, 2.45) is 0 Å². The second-order valence-corrected chi connectivity index (χ2v) is 1.95. The number of aliphatic carboxylic acids is 2. The Labute approximate surface area is 79.3 Å². The van der Waals surface area contributed by atoms with E-state index >= 15 is 0 Å². The molecule has 0 spiro atoms. The van der Waals surface area contributed by atoms with Crippen molar-refractivity contribution in [2.45, 2.75) is 27.2 Å². The third-order valence-electron chi connectivity index (χ3n) is 0.307. The smallest absolute Gasteiger partial charge is 0.300 e. The van der Waals surface area contributed by atoms with Crippen LogP contribution in [0.25, 0.3) is 0 Å². The number of carbonyl (C=O) groups is 3. The van der Waals surface area contributed by atoms with E-state index in [-0.39, 0.29) is 0 Å². The summed E-state index contributed by atoms with van der Waals surface area (Å²) >= 11 is 0. The van der Waals surface area contributed by atoms with Gasteiger partial charge in [0, 0.05) is 20.8 Å². The molecule has 0 aliphatic heterocycles. The fourth-order valence-corrected chi connectivity index (χ4v) is 0. The fraction of sp³-hybridized carbons (Fsp3) is 0.571. The number of alkyl halides is 2. The topological polar surface area (TPSA) is 91.7 Å². The molecule has 14 heavy (non-hydrogen) atoms. The summed E-state index contributed by atoms with van der Waals surface area (Å²) in [4.78, 5) is 27.4. The quantitative estimate of drug-likeness (QED) is 0.679. The van der Waals surface area contributed by atoms with Crippen molar-refractivity contribution in [1.29, 1.82) is 0 Å². The minimum atomic E-state index is -2.79. The molecule has 0 aliphatic carbocycles. The Bertz CT molecular complexity index is 171. The molecule has 0 atom stereocenters. The van der Waals surface area contributed by atoms with Crippen LogP contribution in [0.15, 0.2) is 0 Å². The molecule has 84 valence electrons. The summed E-state index contributed by atoms with van der Waals surface area (Å²) in [7, 11) is 0. The van der Waals surface area contributed by atoms with Crippen LogP contribution < -0.4 is 0 Å². The predicted octanol–water partition coefficient (Wildman–Crippen LogP) is 1.02. The highest BCUT2D eigenvalue weighted by Gasteiger charge is 2.05. The van der Waals surface area contributed by atoms with Gasteiger partial charge in [0.2, 0.25) is 0 Å². The van der Waals surface area contributed by atoms with E-state index < -0.39 is 24.1 Å². The van der Waals surface area contributed by atoms with Crippen molar-refractivity contribution in [3.8, 4) is 0 Å². The third kappa shape index (κ3) is 154. The molecule has 0 radical (unpaired) electrons. The number of Topliss-reactive ketones (excluding diaryl/α,β-unsaturated/α-hetero) is 1. The normalized spacial score (nSPS) is 7.57. The minimum Gasteiger partial charge on any atom is -0.481 e. The van der Waals surface area contributed by atoms with Crippen molar-refractivity contribution in [2.75, 3.05) is 0 Å². The molecule has 0 amide bonds. The van der Waals surface area contributed by atoms with Crippen molar-refractivity contribution >= 4 is 17.7 Å². The molecule has 0 aromatic rings. The lowest BCUT2D eigenvalue weighted by atomic mass is 10.5. The molecule has 2 N–H and O–H groups in total. The Balaban J connectivity index is -0.000000135. The van der Waals surface area contributed by atoms with Gasteiger partial charge in [-0.25, -0.2) is 8.78 Å². The van der Waals surface area contributed by atoms with Crippen LogP contribution in [0.2, 0.25) is 0 Å². The van der Waals surface area contributed by atoms with Crippen LogP contribution >= 0.6 is 0 Å². The van der Waals surface area contributed by atoms with Crippen LogP contribution in [0, 0.1) is 0 Å². The molecule has 0 rings (SSSR count). The molecule has 0 aliphatic rings. The number of carboxylic acid groups (broad SMARTS) is 2. The number of halogens is 2. The lowest BCUT2D eigenvalue weighted by molar-refractivity contribution is -0.135. The monoisotopic (exact) mass is 214 g/mol. The Morgan fingerprint density at radius 3 is 1.00 bits per heavy atom. The summed E-state index contributed by atoms with van der Waals surface area (Å²) in [5.41, 5.74) is 0. The lowest BCUT2D eigenvalue weighted by Crippen LogP contribution is -2.02. The third-order valence-corrected chi connectivity index (χ3v) is 0.307. The van der Waals surface area contributed by atoms with E-state index in [2.05, 4.69) is 0 Å². The van der Waals surface area contributed by atoms with Crippen LogP contribution in [0.4, 0.5) is 8.78 Å². The van der Waals surface area contributed by atoms with Gasteiger partial charge < -0.3 is 10.2 Å². The molecule has 0 fully saturated rings. The Morgan fingerprint density at radius 1 is 0.929 bits per heavy atom. The molecule has 0 unspecified atom stereocenters. The highest BCUT2D eigenvalue weighted by molar-refractivity contribution is 5.78. The van der Waals surface area contributed by atoms with Crippen LogP contribution in [0.5, 0.6) is 0 Å². The number of carboxylic acids is 2. The molecule has 5 nitrogen and oxygen atoms in total. The summed E-state index contributed by atoms with van der Waals surface area (Å²) in [5, 5.41) is 14.8. The SMILES string of the molecule is CC(=O)C(F)F.CC(=O)O.CC(=O)O. The first kappa shape index (κ1) is 18.3. The number of hydrogen-bond donors (Lipinski definition) is 2. The molecule has 0 bridgehead atoms. The maximum absolute atomic E-state index is 10.8. The Hall–Kier alpha value is -1.53. The second-order valence-electron chi connectivity index (χ2n) is 1.95. The van der Waals surface area contributed by atoms with Crippen LogP contribution in [-0.2, 0) is 14.4 Å². The highest BCUT2D eigenvalue weighted by atomic mass is 19.3. The first-order chi connectivity index (χ1) is 6.11. The average molecular weight is 214 g/mol. The Morgan fingerprint density at radius 2 is 1.00 bits per heavy atom. The standard InChI is InChI=1S/C3H4F2O.2C2H4O2/c1-2(6)3(4)5;2*1-2(3)4/h3H,1H3;2*1H3,(H,3,4). The van der Waals surface area contributed by atoms with Gasteiger partial charge in [-0.3, -0.25) is 14.4 Å². The van der Waals surface area contributed by atoms with Gasteiger partial charge in [-0.1, -0.05) is 0 Å². The van der Waals surface area contributed by atoms with E-state index in [0.717, 1.165) is 20.8 Å². The summed E-state index contributed by atoms with van der Waals surface area (Å²) in [5.74, 6) is -2.74. The maximum atomic E-state index is 10.8. The van der Waals surface area contributed by atoms with Crippen LogP contribution in [-0.4, -0.2) is 34.4 Å². The molecular formula is C7H12F2O5. The van der Waals surface area contributed by atoms with Gasteiger partial charge in [-0.05, 0) is 0 Å². The van der Waals surface area contributed by atoms with E-state index in [4.69, 9.17) is 19.8 Å². The van der Waals surface area contributed by atoms with Crippen molar-refractivity contribution < 1.29 is 33.4 Å². The zero-order valence-corrected chi connectivity index (χ0v) is 7.95. The number of rotatable bonds is 1. The molecule has 0 aromatic heterocycles. The number of ketones is 1. The predicted molar refractivity (Wildman–Crippen MR) is 43.3 cm³/mol. The van der Waals surface area contributed by atoms with Crippen LogP contribution in [0.3, 0.4) is 0 Å². The van der Waals surface area contributed by atoms with Gasteiger partial charge in [-0.2, -0.15) is 0 Å². The van der Waals surface area contributed by atoms with Gasteiger partial charge in [0.25, 0.3) is 18.4 Å². The summed E-state index contributed by atoms with van der Waals surface area (Å²) < 4.78 is 21.6. The molecular weight excluding hydrogens is 202 g/mol.